The van der Waals surface area contributed by atoms with Crippen molar-refractivity contribution in [2.45, 2.75) is 39.5 Å². The molecular formula is C11H22N2O3S. The number of hydrogen-bond acceptors (Lipinski definition) is 4. The fraction of sp³-hybridized carbons (Fsp3) is 0.818. The van der Waals surface area contributed by atoms with E-state index in [1.165, 1.54) is 6.42 Å². The second-order valence-corrected chi connectivity index (χ2v) is 4.48. The number of amides is 2. The lowest BCUT2D eigenvalue weighted by molar-refractivity contribution is -0.142. The second-order valence-electron chi connectivity index (χ2n) is 4.26. The highest BCUT2D eigenvalue weighted by Crippen LogP contribution is 2.07. The molecule has 2 N–H and O–H groups in total. The number of carbonyl (C=O) groups is 2. The molecule has 0 saturated heterocycles. The molecule has 0 rings (SSSR count). The zero-order chi connectivity index (χ0) is 13.1. The first-order chi connectivity index (χ1) is 8.06. The van der Waals surface area contributed by atoms with Gasteiger partial charge in [0.25, 0.3) is 0 Å². The summed E-state index contributed by atoms with van der Waals surface area (Å²) in [6.07, 6.45) is 4.31. The Kier molecular flexibility index (Phi) is 9.71. The first-order valence-corrected chi connectivity index (χ1v) is 6.34. The highest BCUT2D eigenvalue weighted by molar-refractivity contribution is 7.78. The smallest absolute Gasteiger partial charge is 0.325 e. The van der Waals surface area contributed by atoms with E-state index < -0.39 is 12.0 Å². The van der Waals surface area contributed by atoms with Crippen molar-refractivity contribution < 1.29 is 14.3 Å². The SMILES string of the molecule is CC(C)CCCCCOC(=O)CNC(=O)NS. The van der Waals surface area contributed by atoms with Crippen molar-refractivity contribution in [2.75, 3.05) is 13.2 Å². The third-order valence-electron chi connectivity index (χ3n) is 2.18. The summed E-state index contributed by atoms with van der Waals surface area (Å²) in [6.45, 7) is 4.68. The monoisotopic (exact) mass is 262 g/mol. The van der Waals surface area contributed by atoms with Gasteiger partial charge >= 0.3 is 12.0 Å². The molecule has 5 nitrogen and oxygen atoms in total. The Labute approximate surface area is 108 Å². The van der Waals surface area contributed by atoms with Crippen molar-refractivity contribution in [2.24, 2.45) is 5.92 Å². The number of hydrogen-bond donors (Lipinski definition) is 3. The van der Waals surface area contributed by atoms with Gasteiger partial charge in [0.05, 0.1) is 6.61 Å². The van der Waals surface area contributed by atoms with Crippen LogP contribution < -0.4 is 10.0 Å². The maximum absolute atomic E-state index is 11.1. The van der Waals surface area contributed by atoms with Crippen LogP contribution in [0, 0.1) is 5.92 Å². The van der Waals surface area contributed by atoms with Crippen molar-refractivity contribution in [3.63, 3.8) is 0 Å². The van der Waals surface area contributed by atoms with Gasteiger partial charge in [-0.2, -0.15) is 0 Å². The van der Waals surface area contributed by atoms with Crippen LogP contribution in [0.3, 0.4) is 0 Å². The molecule has 0 aliphatic rings. The van der Waals surface area contributed by atoms with Gasteiger partial charge in [-0.1, -0.05) is 45.9 Å². The molecule has 0 aromatic carbocycles. The molecule has 0 aromatic heterocycles. The molecule has 0 heterocycles. The molecule has 6 heteroatoms. The van der Waals surface area contributed by atoms with E-state index in [0.29, 0.717) is 6.61 Å². The van der Waals surface area contributed by atoms with Crippen molar-refractivity contribution in [3.8, 4) is 0 Å². The summed E-state index contributed by atoms with van der Waals surface area (Å²) in [5.41, 5.74) is 0. The first-order valence-electron chi connectivity index (χ1n) is 5.89. The second kappa shape index (κ2) is 10.3. The number of nitrogens with one attached hydrogen (secondary N) is 2. The maximum atomic E-state index is 11.1. The molecule has 2 amide bonds. The van der Waals surface area contributed by atoms with Crippen LogP contribution in [0.5, 0.6) is 0 Å². The molecule has 0 aromatic rings. The Bertz CT molecular complexity index is 235. The van der Waals surface area contributed by atoms with E-state index >= 15 is 0 Å². The first kappa shape index (κ1) is 16.1. The topological polar surface area (TPSA) is 67.4 Å². The summed E-state index contributed by atoms with van der Waals surface area (Å²) in [5, 5.41) is 2.30. The van der Waals surface area contributed by atoms with Gasteiger partial charge in [-0.15, -0.1) is 0 Å². The zero-order valence-corrected chi connectivity index (χ0v) is 11.4. The fourth-order valence-corrected chi connectivity index (χ4v) is 1.34. The number of urea groups is 1. The van der Waals surface area contributed by atoms with Crippen LogP contribution in [0.4, 0.5) is 4.79 Å². The Balaban J connectivity index is 3.30. The fourth-order valence-electron chi connectivity index (χ4n) is 1.26. The van der Waals surface area contributed by atoms with Crippen LogP contribution in [0.15, 0.2) is 0 Å². The summed E-state index contributed by atoms with van der Waals surface area (Å²) < 4.78 is 6.99. The molecule has 0 aliphatic heterocycles. The van der Waals surface area contributed by atoms with Crippen LogP contribution in [-0.2, 0) is 9.53 Å². The standard InChI is InChI=1S/C11H22N2O3S/c1-9(2)6-4-3-5-7-16-10(14)8-12-11(15)13-17/h9,17H,3-8H2,1-2H3,(H2,12,13,15). The molecule has 0 fully saturated rings. The third-order valence-corrected chi connectivity index (χ3v) is 2.39. The van der Waals surface area contributed by atoms with Crippen LogP contribution >= 0.6 is 12.8 Å². The summed E-state index contributed by atoms with van der Waals surface area (Å²) in [4.78, 5) is 21.8. The predicted octanol–water partition coefficient (Wildman–Crippen LogP) is 1.89. The summed E-state index contributed by atoms with van der Waals surface area (Å²) >= 11 is 3.53. The highest BCUT2D eigenvalue weighted by atomic mass is 32.1. The van der Waals surface area contributed by atoms with Crippen molar-refractivity contribution in [1.82, 2.24) is 10.0 Å². The van der Waals surface area contributed by atoms with Gasteiger partial charge in [0.1, 0.15) is 6.54 Å². The minimum Gasteiger partial charge on any atom is -0.464 e. The molecule has 0 spiro atoms. The average molecular weight is 262 g/mol. The van der Waals surface area contributed by atoms with Gasteiger partial charge in [0.15, 0.2) is 0 Å². The highest BCUT2D eigenvalue weighted by Gasteiger charge is 2.04. The Morgan fingerprint density at radius 3 is 2.53 bits per heavy atom. The van der Waals surface area contributed by atoms with Gasteiger partial charge in [-0.25, -0.2) is 4.79 Å². The third kappa shape index (κ3) is 11.4. The molecule has 0 saturated carbocycles. The molecule has 0 atom stereocenters. The van der Waals surface area contributed by atoms with E-state index in [4.69, 9.17) is 4.74 Å². The largest absolute Gasteiger partial charge is 0.464 e. The molecule has 0 unspecified atom stereocenters. The molecule has 0 bridgehead atoms. The number of thiol groups is 1. The van der Waals surface area contributed by atoms with Crippen LogP contribution in [0.2, 0.25) is 0 Å². The van der Waals surface area contributed by atoms with Gasteiger partial charge in [0, 0.05) is 0 Å². The normalized spacial score (nSPS) is 10.1. The lowest BCUT2D eigenvalue weighted by atomic mass is 10.1. The number of rotatable bonds is 8. The van der Waals surface area contributed by atoms with Gasteiger partial charge in [-0.3, -0.25) is 9.52 Å². The van der Waals surface area contributed by atoms with Gasteiger partial charge in [-0.05, 0) is 12.3 Å². The van der Waals surface area contributed by atoms with Gasteiger partial charge < -0.3 is 10.1 Å². The minimum atomic E-state index is -0.512. The molecule has 100 valence electrons. The van der Waals surface area contributed by atoms with E-state index in [1.807, 2.05) is 0 Å². The Hall–Kier alpha value is -0.910. The number of carbonyl (C=O) groups excluding carboxylic acids is 2. The lowest BCUT2D eigenvalue weighted by Gasteiger charge is -2.06. The zero-order valence-electron chi connectivity index (χ0n) is 10.5. The molecule has 17 heavy (non-hydrogen) atoms. The number of esters is 1. The molecular weight excluding hydrogens is 240 g/mol. The Morgan fingerprint density at radius 2 is 1.94 bits per heavy atom. The lowest BCUT2D eigenvalue weighted by Crippen LogP contribution is -2.35. The van der Waals surface area contributed by atoms with E-state index in [0.717, 1.165) is 25.2 Å². The predicted molar refractivity (Wildman–Crippen MR) is 69.8 cm³/mol. The Morgan fingerprint density at radius 1 is 1.24 bits per heavy atom. The summed E-state index contributed by atoms with van der Waals surface area (Å²) in [7, 11) is 0. The van der Waals surface area contributed by atoms with Crippen LogP contribution in [0.1, 0.15) is 39.5 Å². The van der Waals surface area contributed by atoms with Crippen molar-refractivity contribution in [1.29, 1.82) is 0 Å². The average Bonchev–Trinajstić information content (AvgIpc) is 2.30. The maximum Gasteiger partial charge on any atom is 0.325 e. The van der Waals surface area contributed by atoms with E-state index in [2.05, 4.69) is 36.7 Å². The van der Waals surface area contributed by atoms with Crippen molar-refractivity contribution in [3.05, 3.63) is 0 Å². The van der Waals surface area contributed by atoms with Gasteiger partial charge in [0.2, 0.25) is 0 Å². The quantitative estimate of drug-likeness (QED) is 0.355. The van der Waals surface area contributed by atoms with Crippen molar-refractivity contribution >= 4 is 24.8 Å². The van der Waals surface area contributed by atoms with Crippen LogP contribution in [0.25, 0.3) is 0 Å². The summed E-state index contributed by atoms with van der Waals surface area (Å²) in [6, 6.07) is -0.512. The number of ether oxygens (including phenoxy) is 1. The number of unbranched alkanes of at least 4 members (excludes halogenated alkanes) is 2. The van der Waals surface area contributed by atoms with E-state index in [1.54, 1.807) is 0 Å². The minimum absolute atomic E-state index is 0.127. The van der Waals surface area contributed by atoms with E-state index in [9.17, 15) is 9.59 Å². The van der Waals surface area contributed by atoms with Crippen LogP contribution in [-0.4, -0.2) is 25.2 Å². The summed E-state index contributed by atoms with van der Waals surface area (Å²) in [5.74, 6) is 0.298. The molecule has 0 radical (unpaired) electrons. The molecule has 0 aliphatic carbocycles. The van der Waals surface area contributed by atoms with E-state index in [-0.39, 0.29) is 6.54 Å².